The first kappa shape index (κ1) is 22.7. The van der Waals surface area contributed by atoms with Gasteiger partial charge in [0.05, 0.1) is 0 Å². The standard InChI is InChI=1S/C28H34N4O2/c1-2-25-24(23-9-3-4-10-26(23)34-25)12-13-28(33)32-15-7-8-22(21-32)20-30-16-18-31(19-17-30)27-11-5-6-14-29-27/h3-6,9-14,22H,2,7-8,15-21H2,1H3/b13-12+. The van der Waals surface area contributed by atoms with Gasteiger partial charge >= 0.3 is 0 Å². The maximum atomic E-state index is 13.0. The van der Waals surface area contributed by atoms with E-state index in [1.807, 2.05) is 41.4 Å². The van der Waals surface area contributed by atoms with Crippen LogP contribution in [0.4, 0.5) is 5.82 Å². The predicted octanol–water partition coefficient (Wildman–Crippen LogP) is 4.46. The Morgan fingerprint density at radius 2 is 1.91 bits per heavy atom. The van der Waals surface area contributed by atoms with E-state index in [4.69, 9.17) is 4.42 Å². The third kappa shape index (κ3) is 5.02. The number of nitrogens with zero attached hydrogens (tertiary/aromatic N) is 4. The highest BCUT2D eigenvalue weighted by atomic mass is 16.3. The van der Waals surface area contributed by atoms with Gasteiger partial charge in [0.15, 0.2) is 0 Å². The number of fused-ring (bicyclic) bond motifs is 1. The number of carbonyl (C=O) groups excluding carboxylic acids is 1. The lowest BCUT2D eigenvalue weighted by molar-refractivity contribution is -0.127. The molecule has 1 amide bonds. The molecule has 0 bridgehead atoms. The summed E-state index contributed by atoms with van der Waals surface area (Å²) in [6, 6.07) is 14.1. The highest BCUT2D eigenvalue weighted by Gasteiger charge is 2.26. The number of benzene rings is 1. The van der Waals surface area contributed by atoms with Crippen molar-refractivity contribution in [2.24, 2.45) is 5.92 Å². The van der Waals surface area contributed by atoms with Crippen LogP contribution in [0.1, 0.15) is 31.1 Å². The molecule has 1 atom stereocenters. The van der Waals surface area contributed by atoms with Crippen LogP contribution < -0.4 is 4.90 Å². The van der Waals surface area contributed by atoms with Crippen LogP contribution >= 0.6 is 0 Å². The smallest absolute Gasteiger partial charge is 0.246 e. The van der Waals surface area contributed by atoms with Gasteiger partial charge in [-0.1, -0.05) is 31.2 Å². The minimum atomic E-state index is 0.108. The molecule has 2 saturated heterocycles. The van der Waals surface area contributed by atoms with Gasteiger partial charge in [0.25, 0.3) is 0 Å². The predicted molar refractivity (Wildman–Crippen MR) is 137 cm³/mol. The molecule has 0 radical (unpaired) electrons. The van der Waals surface area contributed by atoms with E-state index in [9.17, 15) is 4.79 Å². The molecular weight excluding hydrogens is 424 g/mol. The molecule has 5 rings (SSSR count). The summed E-state index contributed by atoms with van der Waals surface area (Å²) in [5, 5.41) is 1.07. The van der Waals surface area contributed by atoms with E-state index < -0.39 is 0 Å². The highest BCUT2D eigenvalue weighted by Crippen LogP contribution is 2.28. The summed E-state index contributed by atoms with van der Waals surface area (Å²) >= 11 is 0. The Bertz CT molecular complexity index is 1130. The largest absolute Gasteiger partial charge is 0.460 e. The van der Waals surface area contributed by atoms with Gasteiger partial charge in [-0.3, -0.25) is 9.69 Å². The van der Waals surface area contributed by atoms with Gasteiger partial charge in [-0.05, 0) is 43.0 Å². The summed E-state index contributed by atoms with van der Waals surface area (Å²) in [6.45, 7) is 8.96. The van der Waals surface area contributed by atoms with E-state index in [-0.39, 0.29) is 5.91 Å². The van der Waals surface area contributed by atoms with E-state index in [1.54, 1.807) is 6.08 Å². The number of amides is 1. The third-order valence-corrected chi connectivity index (χ3v) is 7.12. The monoisotopic (exact) mass is 458 g/mol. The molecule has 4 heterocycles. The molecule has 0 N–H and O–H groups in total. The summed E-state index contributed by atoms with van der Waals surface area (Å²) < 4.78 is 5.97. The molecule has 6 heteroatoms. The Morgan fingerprint density at radius 1 is 1.09 bits per heavy atom. The summed E-state index contributed by atoms with van der Waals surface area (Å²) in [7, 11) is 0. The molecule has 178 valence electrons. The Morgan fingerprint density at radius 3 is 2.71 bits per heavy atom. The van der Waals surface area contributed by atoms with Gasteiger partial charge in [-0.15, -0.1) is 0 Å². The molecule has 6 nitrogen and oxygen atoms in total. The van der Waals surface area contributed by atoms with Crippen LogP contribution in [0.3, 0.4) is 0 Å². The van der Waals surface area contributed by atoms with Crippen LogP contribution in [-0.2, 0) is 11.2 Å². The topological polar surface area (TPSA) is 52.8 Å². The Balaban J connectivity index is 1.16. The minimum absolute atomic E-state index is 0.108. The van der Waals surface area contributed by atoms with E-state index >= 15 is 0 Å². The van der Waals surface area contributed by atoms with Gasteiger partial charge in [-0.25, -0.2) is 4.98 Å². The lowest BCUT2D eigenvalue weighted by Gasteiger charge is -2.39. The first-order valence-corrected chi connectivity index (χ1v) is 12.6. The second-order valence-electron chi connectivity index (χ2n) is 9.39. The van der Waals surface area contributed by atoms with Crippen molar-refractivity contribution >= 4 is 28.8 Å². The first-order valence-electron chi connectivity index (χ1n) is 12.6. The number of aromatic nitrogens is 1. The molecule has 1 aromatic carbocycles. The molecule has 0 saturated carbocycles. The summed E-state index contributed by atoms with van der Waals surface area (Å²) in [5.74, 6) is 2.65. The van der Waals surface area contributed by atoms with Gasteiger partial charge in [0.1, 0.15) is 17.2 Å². The highest BCUT2D eigenvalue weighted by molar-refractivity contribution is 5.96. The number of pyridine rings is 1. The summed E-state index contributed by atoms with van der Waals surface area (Å²) in [4.78, 5) is 24.5. The second kappa shape index (κ2) is 10.4. The van der Waals surface area contributed by atoms with Gasteiger partial charge in [-0.2, -0.15) is 0 Å². The SMILES string of the molecule is CCc1oc2ccccc2c1/C=C/C(=O)N1CCCC(CN2CCN(c3ccccn3)CC2)C1. The molecule has 2 aliphatic heterocycles. The lowest BCUT2D eigenvalue weighted by Crippen LogP contribution is -2.50. The number of anilines is 1. The van der Waals surface area contributed by atoms with Crippen LogP contribution in [0.15, 0.2) is 59.2 Å². The van der Waals surface area contributed by atoms with Crippen LogP contribution in [-0.4, -0.2) is 66.5 Å². The third-order valence-electron chi connectivity index (χ3n) is 7.12. The zero-order valence-corrected chi connectivity index (χ0v) is 20.0. The average Bonchev–Trinajstić information content (AvgIpc) is 3.26. The Hall–Kier alpha value is -3.12. The molecule has 2 fully saturated rings. The minimum Gasteiger partial charge on any atom is -0.460 e. The lowest BCUT2D eigenvalue weighted by atomic mass is 9.97. The maximum Gasteiger partial charge on any atom is 0.246 e. The Kier molecular flexibility index (Phi) is 6.95. The number of aryl methyl sites for hydroxylation is 1. The molecule has 1 unspecified atom stereocenters. The quantitative estimate of drug-likeness (QED) is 0.511. The molecule has 0 aliphatic carbocycles. The normalized spacial score (nSPS) is 19.9. The summed E-state index contributed by atoms with van der Waals surface area (Å²) in [5.41, 5.74) is 1.92. The number of piperazine rings is 1. The molecule has 3 aromatic rings. The van der Waals surface area contributed by atoms with Crippen LogP contribution in [0, 0.1) is 5.92 Å². The molecule has 0 spiro atoms. The number of hydrogen-bond acceptors (Lipinski definition) is 5. The van der Waals surface area contributed by atoms with Gasteiger partial charge < -0.3 is 14.2 Å². The number of likely N-dealkylation sites (tertiary alicyclic amines) is 1. The number of rotatable bonds is 6. The van der Waals surface area contributed by atoms with Crippen molar-refractivity contribution in [2.75, 3.05) is 50.7 Å². The van der Waals surface area contributed by atoms with Crippen LogP contribution in [0.25, 0.3) is 17.0 Å². The van der Waals surface area contributed by atoms with Crippen molar-refractivity contribution in [3.05, 3.63) is 66.1 Å². The van der Waals surface area contributed by atoms with E-state index in [0.717, 1.165) is 86.8 Å². The molecule has 34 heavy (non-hydrogen) atoms. The van der Waals surface area contributed by atoms with Crippen molar-refractivity contribution in [1.82, 2.24) is 14.8 Å². The van der Waals surface area contributed by atoms with Crippen molar-refractivity contribution < 1.29 is 9.21 Å². The second-order valence-corrected chi connectivity index (χ2v) is 9.39. The number of hydrogen-bond donors (Lipinski definition) is 0. The fourth-order valence-electron chi connectivity index (χ4n) is 5.30. The fourth-order valence-corrected chi connectivity index (χ4v) is 5.30. The number of piperidine rings is 1. The number of para-hydroxylation sites is 1. The van der Waals surface area contributed by atoms with Crippen LogP contribution in [0.5, 0.6) is 0 Å². The van der Waals surface area contributed by atoms with Crippen molar-refractivity contribution in [3.8, 4) is 0 Å². The van der Waals surface area contributed by atoms with E-state index in [2.05, 4.69) is 39.9 Å². The first-order chi connectivity index (χ1) is 16.7. The van der Waals surface area contributed by atoms with E-state index in [1.165, 1.54) is 6.42 Å². The fraction of sp³-hybridized carbons (Fsp3) is 0.429. The zero-order valence-electron chi connectivity index (χ0n) is 20.0. The Labute approximate surface area is 201 Å². The van der Waals surface area contributed by atoms with Crippen molar-refractivity contribution in [1.29, 1.82) is 0 Å². The van der Waals surface area contributed by atoms with Gasteiger partial charge in [0.2, 0.25) is 5.91 Å². The molecule has 2 aliphatic rings. The average molecular weight is 459 g/mol. The zero-order chi connectivity index (χ0) is 23.3. The van der Waals surface area contributed by atoms with Crippen molar-refractivity contribution in [2.45, 2.75) is 26.2 Å². The maximum absolute atomic E-state index is 13.0. The van der Waals surface area contributed by atoms with Crippen LogP contribution in [0.2, 0.25) is 0 Å². The molecular formula is C28H34N4O2. The number of furan rings is 1. The van der Waals surface area contributed by atoms with E-state index in [0.29, 0.717) is 5.92 Å². The summed E-state index contributed by atoms with van der Waals surface area (Å²) in [6.07, 6.45) is 8.63. The molecule has 2 aromatic heterocycles. The number of carbonyl (C=O) groups is 1. The van der Waals surface area contributed by atoms with Gasteiger partial charge in [0, 0.05) is 75.5 Å². The van der Waals surface area contributed by atoms with Crippen molar-refractivity contribution in [3.63, 3.8) is 0 Å².